The van der Waals surface area contributed by atoms with E-state index in [1.165, 1.54) is 12.8 Å². The Morgan fingerprint density at radius 1 is 1.29 bits per heavy atom. The van der Waals surface area contributed by atoms with Crippen molar-refractivity contribution in [2.24, 2.45) is 0 Å². The van der Waals surface area contributed by atoms with Crippen LogP contribution in [0.25, 0.3) is 0 Å². The number of aliphatic hydroxyl groups excluding tert-OH is 1. The van der Waals surface area contributed by atoms with Crippen molar-refractivity contribution in [3.63, 3.8) is 0 Å². The molecule has 14 heavy (non-hydrogen) atoms. The summed E-state index contributed by atoms with van der Waals surface area (Å²) >= 11 is 0. The van der Waals surface area contributed by atoms with Crippen molar-refractivity contribution in [1.82, 2.24) is 5.32 Å². The first-order valence-corrected chi connectivity index (χ1v) is 5.64. The largest absolute Gasteiger partial charge is 0.395 e. The van der Waals surface area contributed by atoms with E-state index in [9.17, 15) is 0 Å². The number of rotatable bonds is 9. The smallest absolute Gasteiger partial charge is 0.0615 e. The second-order valence-electron chi connectivity index (χ2n) is 3.75. The summed E-state index contributed by atoms with van der Waals surface area (Å²) in [5, 5.41) is 12.5. The van der Waals surface area contributed by atoms with E-state index in [4.69, 9.17) is 9.84 Å². The van der Waals surface area contributed by atoms with E-state index in [0.29, 0.717) is 6.04 Å². The van der Waals surface area contributed by atoms with Gasteiger partial charge in [0.25, 0.3) is 0 Å². The third-order valence-corrected chi connectivity index (χ3v) is 2.46. The van der Waals surface area contributed by atoms with Gasteiger partial charge in [-0.15, -0.1) is 0 Å². The molecule has 86 valence electrons. The van der Waals surface area contributed by atoms with Crippen LogP contribution in [0, 0.1) is 0 Å². The Balaban J connectivity index is 3.80. The highest BCUT2D eigenvalue weighted by Gasteiger charge is 2.12. The van der Waals surface area contributed by atoms with Crippen molar-refractivity contribution in [2.75, 3.05) is 20.3 Å². The molecule has 1 unspecified atom stereocenters. The minimum Gasteiger partial charge on any atom is -0.395 e. The van der Waals surface area contributed by atoms with Crippen LogP contribution in [0.15, 0.2) is 0 Å². The van der Waals surface area contributed by atoms with Crippen LogP contribution in [0.4, 0.5) is 0 Å². The lowest BCUT2D eigenvalue weighted by Gasteiger charge is -2.23. The molecule has 2 atom stereocenters. The van der Waals surface area contributed by atoms with E-state index in [1.54, 1.807) is 7.11 Å². The van der Waals surface area contributed by atoms with Crippen LogP contribution in [0.3, 0.4) is 0 Å². The van der Waals surface area contributed by atoms with Gasteiger partial charge >= 0.3 is 0 Å². The maximum atomic E-state index is 9.07. The molecule has 2 N–H and O–H groups in total. The third kappa shape index (κ3) is 6.35. The summed E-state index contributed by atoms with van der Waals surface area (Å²) in [7, 11) is 1.72. The fourth-order valence-electron chi connectivity index (χ4n) is 1.50. The van der Waals surface area contributed by atoms with E-state index < -0.39 is 0 Å². The Bertz CT molecular complexity index is 116. The van der Waals surface area contributed by atoms with Gasteiger partial charge < -0.3 is 15.2 Å². The van der Waals surface area contributed by atoms with Gasteiger partial charge in [-0.2, -0.15) is 0 Å². The van der Waals surface area contributed by atoms with Crippen LogP contribution in [-0.2, 0) is 4.74 Å². The fourth-order valence-corrected chi connectivity index (χ4v) is 1.50. The second kappa shape index (κ2) is 9.44. The summed E-state index contributed by atoms with van der Waals surface area (Å²) in [5.74, 6) is 0. The lowest BCUT2D eigenvalue weighted by Crippen LogP contribution is -2.42. The van der Waals surface area contributed by atoms with Crippen LogP contribution in [0.5, 0.6) is 0 Å². The van der Waals surface area contributed by atoms with Crippen molar-refractivity contribution in [3.05, 3.63) is 0 Å². The molecule has 0 fully saturated rings. The minimum atomic E-state index is 0.211. The SMILES string of the molecule is CCCCC(COC)N[C@H](CC)CO. The quantitative estimate of drug-likeness (QED) is 0.597. The van der Waals surface area contributed by atoms with Gasteiger partial charge in [0.1, 0.15) is 0 Å². The topological polar surface area (TPSA) is 41.5 Å². The van der Waals surface area contributed by atoms with Crippen LogP contribution >= 0.6 is 0 Å². The molecule has 0 aromatic rings. The normalized spacial score (nSPS) is 15.4. The van der Waals surface area contributed by atoms with Gasteiger partial charge in [0, 0.05) is 19.2 Å². The highest BCUT2D eigenvalue weighted by atomic mass is 16.5. The predicted molar refractivity (Wildman–Crippen MR) is 59.5 cm³/mol. The molecule has 0 bridgehead atoms. The molecule has 0 aromatic carbocycles. The molecule has 0 aromatic heterocycles. The molecule has 0 rings (SSSR count). The Morgan fingerprint density at radius 3 is 2.43 bits per heavy atom. The maximum Gasteiger partial charge on any atom is 0.0615 e. The molecule has 3 nitrogen and oxygen atoms in total. The van der Waals surface area contributed by atoms with Crippen LogP contribution < -0.4 is 5.32 Å². The standard InChI is InChI=1S/C11H25NO2/c1-4-6-7-11(9-14-3)12-10(5-2)8-13/h10-13H,4-9H2,1-3H3/t10-,11?/m1/s1. The second-order valence-corrected chi connectivity index (χ2v) is 3.75. The molecule has 0 aliphatic rings. The van der Waals surface area contributed by atoms with Crippen molar-refractivity contribution in [2.45, 2.75) is 51.6 Å². The lowest BCUT2D eigenvalue weighted by molar-refractivity contribution is 0.142. The van der Waals surface area contributed by atoms with Crippen LogP contribution in [0.2, 0.25) is 0 Å². The molecule has 0 amide bonds. The number of hydrogen-bond donors (Lipinski definition) is 2. The van der Waals surface area contributed by atoms with Gasteiger partial charge in [-0.3, -0.25) is 0 Å². The minimum absolute atomic E-state index is 0.211. The first-order chi connectivity index (χ1) is 6.78. The number of methoxy groups -OCH3 is 1. The average molecular weight is 203 g/mol. The molecular formula is C11H25NO2. The summed E-state index contributed by atoms with van der Waals surface area (Å²) < 4.78 is 5.15. The monoisotopic (exact) mass is 203 g/mol. The number of ether oxygens (including phenoxy) is 1. The Kier molecular flexibility index (Phi) is 9.35. The third-order valence-electron chi connectivity index (χ3n) is 2.46. The zero-order valence-corrected chi connectivity index (χ0v) is 9.75. The number of unbranched alkanes of at least 4 members (excludes halogenated alkanes) is 1. The van der Waals surface area contributed by atoms with Crippen molar-refractivity contribution in [3.8, 4) is 0 Å². The van der Waals surface area contributed by atoms with Gasteiger partial charge in [-0.05, 0) is 12.8 Å². The Hall–Kier alpha value is -0.120. The first-order valence-electron chi connectivity index (χ1n) is 5.64. The van der Waals surface area contributed by atoms with Gasteiger partial charge in [0.2, 0.25) is 0 Å². The summed E-state index contributed by atoms with van der Waals surface area (Å²) in [4.78, 5) is 0. The van der Waals surface area contributed by atoms with Gasteiger partial charge in [-0.1, -0.05) is 26.7 Å². The Morgan fingerprint density at radius 2 is 2.00 bits per heavy atom. The summed E-state index contributed by atoms with van der Waals surface area (Å²) in [6.07, 6.45) is 4.50. The van der Waals surface area contributed by atoms with E-state index in [1.807, 2.05) is 0 Å². The van der Waals surface area contributed by atoms with Crippen LogP contribution in [-0.4, -0.2) is 37.5 Å². The number of aliphatic hydroxyl groups is 1. The highest BCUT2D eigenvalue weighted by molar-refractivity contribution is 4.72. The molecule has 0 aliphatic carbocycles. The molecular weight excluding hydrogens is 178 g/mol. The van der Waals surface area contributed by atoms with Crippen molar-refractivity contribution < 1.29 is 9.84 Å². The Labute approximate surface area is 87.8 Å². The number of hydrogen-bond acceptors (Lipinski definition) is 3. The van der Waals surface area contributed by atoms with Gasteiger partial charge in [0.15, 0.2) is 0 Å². The number of nitrogens with one attached hydrogen (secondary N) is 1. The van der Waals surface area contributed by atoms with Gasteiger partial charge in [0.05, 0.1) is 13.2 Å². The molecule has 0 aliphatic heterocycles. The maximum absolute atomic E-state index is 9.07. The zero-order chi connectivity index (χ0) is 10.8. The summed E-state index contributed by atoms with van der Waals surface area (Å²) in [6, 6.07) is 0.601. The average Bonchev–Trinajstić information content (AvgIpc) is 2.22. The molecule has 3 heteroatoms. The highest BCUT2D eigenvalue weighted by Crippen LogP contribution is 2.03. The molecule has 0 saturated heterocycles. The van der Waals surface area contributed by atoms with Crippen molar-refractivity contribution >= 4 is 0 Å². The van der Waals surface area contributed by atoms with E-state index in [2.05, 4.69) is 19.2 Å². The van der Waals surface area contributed by atoms with Crippen LogP contribution in [0.1, 0.15) is 39.5 Å². The zero-order valence-electron chi connectivity index (χ0n) is 9.75. The molecule has 0 saturated carbocycles. The predicted octanol–water partition coefficient (Wildman–Crippen LogP) is 1.55. The van der Waals surface area contributed by atoms with E-state index in [-0.39, 0.29) is 12.6 Å². The summed E-state index contributed by atoms with van der Waals surface area (Å²) in [5.41, 5.74) is 0. The first kappa shape index (κ1) is 13.9. The van der Waals surface area contributed by atoms with Gasteiger partial charge in [-0.25, -0.2) is 0 Å². The summed E-state index contributed by atoms with van der Waals surface area (Å²) in [6.45, 7) is 5.21. The lowest BCUT2D eigenvalue weighted by atomic mass is 10.1. The molecule has 0 heterocycles. The van der Waals surface area contributed by atoms with Crippen molar-refractivity contribution in [1.29, 1.82) is 0 Å². The fraction of sp³-hybridized carbons (Fsp3) is 1.00. The molecule has 0 radical (unpaired) electrons. The van der Waals surface area contributed by atoms with E-state index in [0.717, 1.165) is 19.4 Å². The molecule has 0 spiro atoms. The van der Waals surface area contributed by atoms with E-state index >= 15 is 0 Å².